The summed E-state index contributed by atoms with van der Waals surface area (Å²) in [6, 6.07) is 4.17. The summed E-state index contributed by atoms with van der Waals surface area (Å²) in [6.45, 7) is 6.21. The van der Waals surface area contributed by atoms with Crippen molar-refractivity contribution in [1.82, 2.24) is 10.2 Å². The van der Waals surface area contributed by atoms with E-state index in [9.17, 15) is 0 Å². The zero-order chi connectivity index (χ0) is 14.6. The standard InChI is InChI=1S/C14H22Br2N2O/c1-14(2,18(3)4)9-17-8-10-6-11(15)13(19-5)12(16)7-10/h6-7,17H,8-9H2,1-5H3. The van der Waals surface area contributed by atoms with E-state index in [-0.39, 0.29) is 5.54 Å². The first kappa shape index (κ1) is 17.0. The zero-order valence-corrected chi connectivity index (χ0v) is 15.4. The average molecular weight is 394 g/mol. The Morgan fingerprint density at radius 3 is 2.16 bits per heavy atom. The Kier molecular flexibility index (Phi) is 6.30. The predicted molar refractivity (Wildman–Crippen MR) is 87.9 cm³/mol. The molecule has 0 heterocycles. The van der Waals surface area contributed by atoms with Gasteiger partial charge in [-0.05, 0) is 77.5 Å². The molecule has 108 valence electrons. The summed E-state index contributed by atoms with van der Waals surface area (Å²) in [4.78, 5) is 2.22. The number of ether oxygens (including phenoxy) is 1. The van der Waals surface area contributed by atoms with E-state index in [1.165, 1.54) is 5.56 Å². The van der Waals surface area contributed by atoms with Crippen LogP contribution in [0.5, 0.6) is 5.75 Å². The lowest BCUT2D eigenvalue weighted by atomic mass is 10.0. The summed E-state index contributed by atoms with van der Waals surface area (Å²) >= 11 is 7.04. The van der Waals surface area contributed by atoms with Gasteiger partial charge in [-0.1, -0.05) is 0 Å². The van der Waals surface area contributed by atoms with E-state index in [0.717, 1.165) is 27.8 Å². The highest BCUT2D eigenvalue weighted by atomic mass is 79.9. The molecule has 0 amide bonds. The Morgan fingerprint density at radius 2 is 1.74 bits per heavy atom. The summed E-state index contributed by atoms with van der Waals surface area (Å²) in [7, 11) is 5.87. The van der Waals surface area contributed by atoms with E-state index in [1.54, 1.807) is 7.11 Å². The maximum absolute atomic E-state index is 5.30. The number of methoxy groups -OCH3 is 1. The average Bonchev–Trinajstić information content (AvgIpc) is 2.28. The lowest BCUT2D eigenvalue weighted by Gasteiger charge is -2.32. The third-order valence-corrected chi connectivity index (χ3v) is 4.54. The van der Waals surface area contributed by atoms with Gasteiger partial charge in [0.05, 0.1) is 16.1 Å². The van der Waals surface area contributed by atoms with Crippen molar-refractivity contribution in [3.63, 3.8) is 0 Å². The molecule has 0 bridgehead atoms. The van der Waals surface area contributed by atoms with Gasteiger partial charge in [0.2, 0.25) is 0 Å². The molecule has 0 radical (unpaired) electrons. The number of hydrogen-bond acceptors (Lipinski definition) is 3. The molecule has 3 nitrogen and oxygen atoms in total. The molecule has 0 aliphatic carbocycles. The molecule has 0 unspecified atom stereocenters. The molecule has 0 spiro atoms. The smallest absolute Gasteiger partial charge is 0.147 e. The maximum atomic E-state index is 5.30. The number of halogens is 2. The third kappa shape index (κ3) is 4.74. The fourth-order valence-corrected chi connectivity index (χ4v) is 3.19. The van der Waals surface area contributed by atoms with E-state index in [1.807, 2.05) is 0 Å². The molecular weight excluding hydrogens is 372 g/mol. The van der Waals surface area contributed by atoms with Crippen LogP contribution in [0, 0.1) is 0 Å². The second-order valence-corrected chi connectivity index (χ2v) is 7.11. The van der Waals surface area contributed by atoms with Crippen molar-refractivity contribution in [1.29, 1.82) is 0 Å². The van der Waals surface area contributed by atoms with Crippen LogP contribution in [-0.2, 0) is 6.54 Å². The molecule has 0 atom stereocenters. The predicted octanol–water partition coefficient (Wildman–Crippen LogP) is 3.65. The molecule has 0 aliphatic heterocycles. The minimum atomic E-state index is 0.140. The van der Waals surface area contributed by atoms with Gasteiger partial charge in [0.25, 0.3) is 0 Å². The van der Waals surface area contributed by atoms with E-state index in [4.69, 9.17) is 4.74 Å². The highest BCUT2D eigenvalue weighted by molar-refractivity contribution is 9.11. The highest BCUT2D eigenvalue weighted by Gasteiger charge is 2.19. The number of rotatable bonds is 6. The van der Waals surface area contributed by atoms with E-state index in [0.29, 0.717) is 0 Å². The van der Waals surface area contributed by atoms with Gasteiger partial charge >= 0.3 is 0 Å². The van der Waals surface area contributed by atoms with Gasteiger partial charge in [0.1, 0.15) is 5.75 Å². The molecule has 0 saturated carbocycles. The van der Waals surface area contributed by atoms with Gasteiger partial charge in [-0.3, -0.25) is 0 Å². The van der Waals surface area contributed by atoms with Gasteiger partial charge in [-0.2, -0.15) is 0 Å². The SMILES string of the molecule is COc1c(Br)cc(CNCC(C)(C)N(C)C)cc1Br. The second kappa shape index (κ2) is 7.07. The molecule has 1 rings (SSSR count). The Labute approximate surface area is 133 Å². The van der Waals surface area contributed by atoms with Crippen LogP contribution < -0.4 is 10.1 Å². The Balaban J connectivity index is 2.65. The van der Waals surface area contributed by atoms with Gasteiger partial charge in [-0.25, -0.2) is 0 Å². The third-order valence-electron chi connectivity index (χ3n) is 3.36. The minimum absolute atomic E-state index is 0.140. The van der Waals surface area contributed by atoms with Crippen molar-refractivity contribution in [2.45, 2.75) is 25.9 Å². The first-order chi connectivity index (χ1) is 8.77. The number of benzene rings is 1. The molecule has 1 aromatic carbocycles. The lowest BCUT2D eigenvalue weighted by molar-refractivity contribution is 0.190. The lowest BCUT2D eigenvalue weighted by Crippen LogP contribution is -2.46. The van der Waals surface area contributed by atoms with E-state index in [2.05, 4.69) is 82.2 Å². The first-order valence-corrected chi connectivity index (χ1v) is 7.76. The van der Waals surface area contributed by atoms with Crippen LogP contribution in [0.25, 0.3) is 0 Å². The molecule has 0 fully saturated rings. The first-order valence-electron chi connectivity index (χ1n) is 6.18. The molecule has 0 saturated heterocycles. The molecule has 5 heteroatoms. The molecule has 1 aromatic rings. The van der Waals surface area contributed by atoms with Gasteiger partial charge < -0.3 is 15.0 Å². The van der Waals surface area contributed by atoms with Crippen molar-refractivity contribution < 1.29 is 4.74 Å². The molecule has 0 aromatic heterocycles. The van der Waals surface area contributed by atoms with Crippen LogP contribution in [0.4, 0.5) is 0 Å². The van der Waals surface area contributed by atoms with Crippen molar-refractivity contribution in [2.75, 3.05) is 27.7 Å². The van der Waals surface area contributed by atoms with Gasteiger partial charge in [-0.15, -0.1) is 0 Å². The Hall–Kier alpha value is -0.100. The number of nitrogens with zero attached hydrogens (tertiary/aromatic N) is 1. The van der Waals surface area contributed by atoms with Crippen LogP contribution >= 0.6 is 31.9 Å². The van der Waals surface area contributed by atoms with Crippen LogP contribution in [0.3, 0.4) is 0 Å². The summed E-state index contributed by atoms with van der Waals surface area (Å²) in [5, 5.41) is 3.49. The van der Waals surface area contributed by atoms with Crippen molar-refractivity contribution >= 4 is 31.9 Å². The van der Waals surface area contributed by atoms with Crippen LogP contribution in [-0.4, -0.2) is 38.2 Å². The topological polar surface area (TPSA) is 24.5 Å². The van der Waals surface area contributed by atoms with Gasteiger partial charge in [0.15, 0.2) is 0 Å². The summed E-state index contributed by atoms with van der Waals surface area (Å²) in [6.07, 6.45) is 0. The second-order valence-electron chi connectivity index (χ2n) is 5.40. The quantitative estimate of drug-likeness (QED) is 0.798. The molecule has 0 aliphatic rings. The highest BCUT2D eigenvalue weighted by Crippen LogP contribution is 2.34. The Morgan fingerprint density at radius 1 is 1.21 bits per heavy atom. The van der Waals surface area contributed by atoms with Crippen LogP contribution in [0.1, 0.15) is 19.4 Å². The summed E-state index contributed by atoms with van der Waals surface area (Å²) in [5.41, 5.74) is 1.36. The van der Waals surface area contributed by atoms with E-state index >= 15 is 0 Å². The molecular formula is C14H22Br2N2O. The molecule has 1 N–H and O–H groups in total. The maximum Gasteiger partial charge on any atom is 0.147 e. The fourth-order valence-electron chi connectivity index (χ4n) is 1.58. The number of nitrogens with one attached hydrogen (secondary N) is 1. The van der Waals surface area contributed by atoms with Crippen molar-refractivity contribution in [2.24, 2.45) is 0 Å². The van der Waals surface area contributed by atoms with Gasteiger partial charge in [0, 0.05) is 18.6 Å². The largest absolute Gasteiger partial charge is 0.494 e. The van der Waals surface area contributed by atoms with Crippen molar-refractivity contribution in [3.05, 3.63) is 26.6 Å². The zero-order valence-electron chi connectivity index (χ0n) is 12.2. The van der Waals surface area contributed by atoms with Crippen LogP contribution in [0.15, 0.2) is 21.1 Å². The molecule has 19 heavy (non-hydrogen) atoms. The number of likely N-dealkylation sites (N-methyl/N-ethyl adjacent to an activating group) is 1. The number of hydrogen-bond donors (Lipinski definition) is 1. The fraction of sp³-hybridized carbons (Fsp3) is 0.571. The Bertz CT molecular complexity index is 410. The summed E-state index contributed by atoms with van der Waals surface area (Å²) < 4.78 is 7.23. The van der Waals surface area contributed by atoms with Crippen LogP contribution in [0.2, 0.25) is 0 Å². The monoisotopic (exact) mass is 392 g/mol. The summed E-state index contributed by atoms with van der Waals surface area (Å²) in [5.74, 6) is 0.831. The normalized spacial score (nSPS) is 12.0. The minimum Gasteiger partial charge on any atom is -0.494 e. The van der Waals surface area contributed by atoms with E-state index < -0.39 is 0 Å². The van der Waals surface area contributed by atoms with Crippen molar-refractivity contribution in [3.8, 4) is 5.75 Å².